The maximum atomic E-state index is 9.80. The summed E-state index contributed by atoms with van der Waals surface area (Å²) in [5, 5.41) is 21.4. The molecule has 4 N–H and O–H groups in total. The lowest BCUT2D eigenvalue weighted by atomic mass is 10.1. The molecule has 1 aromatic carbocycles. The molecule has 0 aliphatic rings. The van der Waals surface area contributed by atoms with E-state index in [2.05, 4.69) is 4.98 Å². The first kappa shape index (κ1) is 9.79. The molecule has 2 rings (SSSR count). The summed E-state index contributed by atoms with van der Waals surface area (Å²) in [5.41, 5.74) is 7.16. The van der Waals surface area contributed by atoms with Crippen LogP contribution < -0.4 is 5.73 Å². The van der Waals surface area contributed by atoms with Gasteiger partial charge in [-0.2, -0.15) is 0 Å². The Hall–Kier alpha value is -1.75. The number of nitrogen functional groups attached to an aromatic ring is 1. The van der Waals surface area contributed by atoms with Gasteiger partial charge in [0.1, 0.15) is 11.5 Å². The molecular weight excluding hydrogens is 212 g/mol. The molecule has 1 heterocycles. The van der Waals surface area contributed by atoms with E-state index < -0.39 is 0 Å². The second kappa shape index (κ2) is 3.43. The van der Waals surface area contributed by atoms with Crippen molar-refractivity contribution in [2.75, 3.05) is 5.73 Å². The van der Waals surface area contributed by atoms with E-state index in [0.717, 1.165) is 0 Å². The van der Waals surface area contributed by atoms with Gasteiger partial charge in [-0.3, -0.25) is 0 Å². The Morgan fingerprint density at radius 1 is 1.33 bits per heavy atom. The SMILES string of the molecule is Cc1c(O)ccc(-c2csc(N)n2)c1O. The number of phenolic OH excluding ortho intramolecular Hbond substituents is 2. The maximum absolute atomic E-state index is 9.80. The summed E-state index contributed by atoms with van der Waals surface area (Å²) in [6.07, 6.45) is 0. The van der Waals surface area contributed by atoms with Gasteiger partial charge in [0, 0.05) is 16.5 Å². The summed E-state index contributed by atoms with van der Waals surface area (Å²) in [6, 6.07) is 3.14. The third-order valence-electron chi connectivity index (χ3n) is 2.20. The number of hydrogen-bond donors (Lipinski definition) is 3. The molecule has 0 aliphatic carbocycles. The van der Waals surface area contributed by atoms with Crippen LogP contribution in [0.3, 0.4) is 0 Å². The maximum Gasteiger partial charge on any atom is 0.180 e. The average molecular weight is 222 g/mol. The number of aromatic nitrogens is 1. The van der Waals surface area contributed by atoms with Gasteiger partial charge in [0.15, 0.2) is 5.13 Å². The smallest absolute Gasteiger partial charge is 0.180 e. The molecule has 5 heteroatoms. The summed E-state index contributed by atoms with van der Waals surface area (Å²) < 4.78 is 0. The zero-order valence-electron chi connectivity index (χ0n) is 8.06. The highest BCUT2D eigenvalue weighted by atomic mass is 32.1. The van der Waals surface area contributed by atoms with Crippen molar-refractivity contribution in [3.63, 3.8) is 0 Å². The number of nitrogens with two attached hydrogens (primary N) is 1. The first-order chi connectivity index (χ1) is 7.09. The van der Waals surface area contributed by atoms with E-state index in [4.69, 9.17) is 5.73 Å². The van der Waals surface area contributed by atoms with Crippen LogP contribution in [-0.2, 0) is 0 Å². The molecule has 4 nitrogen and oxygen atoms in total. The zero-order chi connectivity index (χ0) is 11.0. The second-order valence-electron chi connectivity index (χ2n) is 3.18. The predicted molar refractivity (Wildman–Crippen MR) is 60.0 cm³/mol. The van der Waals surface area contributed by atoms with Gasteiger partial charge < -0.3 is 15.9 Å². The number of aromatic hydroxyl groups is 2. The summed E-state index contributed by atoms with van der Waals surface area (Å²) in [6.45, 7) is 1.64. The second-order valence-corrected chi connectivity index (χ2v) is 4.07. The van der Waals surface area contributed by atoms with Crippen molar-refractivity contribution in [2.24, 2.45) is 0 Å². The molecule has 0 spiro atoms. The quantitative estimate of drug-likeness (QED) is 0.690. The van der Waals surface area contributed by atoms with Crippen LogP contribution in [0, 0.1) is 6.92 Å². The van der Waals surface area contributed by atoms with Crippen LogP contribution in [-0.4, -0.2) is 15.2 Å². The topological polar surface area (TPSA) is 79.4 Å². The van der Waals surface area contributed by atoms with Crippen molar-refractivity contribution in [1.82, 2.24) is 4.98 Å². The van der Waals surface area contributed by atoms with Crippen molar-refractivity contribution in [3.05, 3.63) is 23.1 Å². The van der Waals surface area contributed by atoms with Crippen molar-refractivity contribution < 1.29 is 10.2 Å². The van der Waals surface area contributed by atoms with E-state index in [1.54, 1.807) is 18.4 Å². The molecule has 0 amide bonds. The van der Waals surface area contributed by atoms with Crippen LogP contribution in [0.25, 0.3) is 11.3 Å². The Morgan fingerprint density at radius 3 is 2.67 bits per heavy atom. The van der Waals surface area contributed by atoms with Crippen LogP contribution in [0.2, 0.25) is 0 Å². The van der Waals surface area contributed by atoms with Crippen LogP contribution in [0.5, 0.6) is 11.5 Å². The molecule has 0 atom stereocenters. The van der Waals surface area contributed by atoms with Gasteiger partial charge in [0.05, 0.1) is 5.69 Å². The first-order valence-electron chi connectivity index (χ1n) is 4.32. The molecular formula is C10H10N2O2S. The normalized spacial score (nSPS) is 10.5. The number of phenols is 2. The minimum Gasteiger partial charge on any atom is -0.508 e. The van der Waals surface area contributed by atoms with Crippen LogP contribution in [0.4, 0.5) is 5.13 Å². The molecule has 15 heavy (non-hydrogen) atoms. The Morgan fingerprint density at radius 2 is 2.07 bits per heavy atom. The van der Waals surface area contributed by atoms with Gasteiger partial charge in [-0.1, -0.05) is 0 Å². The van der Waals surface area contributed by atoms with E-state index in [1.807, 2.05) is 0 Å². The zero-order valence-corrected chi connectivity index (χ0v) is 8.88. The lowest BCUT2D eigenvalue weighted by molar-refractivity contribution is 0.444. The Labute approximate surface area is 90.6 Å². The fourth-order valence-electron chi connectivity index (χ4n) is 1.31. The fourth-order valence-corrected chi connectivity index (χ4v) is 1.87. The average Bonchev–Trinajstić information content (AvgIpc) is 2.61. The van der Waals surface area contributed by atoms with Gasteiger partial charge in [0.2, 0.25) is 0 Å². The lowest BCUT2D eigenvalue weighted by Gasteiger charge is -2.06. The van der Waals surface area contributed by atoms with Crippen LogP contribution in [0.1, 0.15) is 5.56 Å². The molecule has 0 unspecified atom stereocenters. The molecule has 0 aliphatic heterocycles. The molecule has 0 saturated heterocycles. The molecule has 0 saturated carbocycles. The van der Waals surface area contributed by atoms with E-state index in [1.165, 1.54) is 17.4 Å². The van der Waals surface area contributed by atoms with Gasteiger partial charge in [-0.15, -0.1) is 11.3 Å². The van der Waals surface area contributed by atoms with Gasteiger partial charge >= 0.3 is 0 Å². The highest BCUT2D eigenvalue weighted by Crippen LogP contribution is 2.36. The number of thiazole rings is 1. The third-order valence-corrected chi connectivity index (χ3v) is 2.87. The summed E-state index contributed by atoms with van der Waals surface area (Å²) in [4.78, 5) is 4.07. The van der Waals surface area contributed by atoms with Gasteiger partial charge in [0.25, 0.3) is 0 Å². The highest BCUT2D eigenvalue weighted by Gasteiger charge is 2.12. The summed E-state index contributed by atoms with van der Waals surface area (Å²) >= 11 is 1.31. The van der Waals surface area contributed by atoms with E-state index in [0.29, 0.717) is 22.0 Å². The van der Waals surface area contributed by atoms with Crippen molar-refractivity contribution in [3.8, 4) is 22.8 Å². The fraction of sp³-hybridized carbons (Fsp3) is 0.100. The molecule has 1 aromatic heterocycles. The number of benzene rings is 1. The summed E-state index contributed by atoms with van der Waals surface area (Å²) in [7, 11) is 0. The van der Waals surface area contributed by atoms with Crippen molar-refractivity contribution in [1.29, 1.82) is 0 Å². The Kier molecular flexibility index (Phi) is 2.24. The van der Waals surface area contributed by atoms with E-state index >= 15 is 0 Å². The standard InChI is InChI=1S/C10H10N2O2S/c1-5-8(13)3-2-6(9(5)14)7-4-15-10(11)12-7/h2-4,13-14H,1H3,(H2,11,12). The Bertz CT molecular complexity index is 508. The van der Waals surface area contributed by atoms with Crippen molar-refractivity contribution >= 4 is 16.5 Å². The van der Waals surface area contributed by atoms with Crippen molar-refractivity contribution in [2.45, 2.75) is 6.92 Å². The van der Waals surface area contributed by atoms with Gasteiger partial charge in [-0.05, 0) is 19.1 Å². The number of nitrogens with zero attached hydrogens (tertiary/aromatic N) is 1. The molecule has 78 valence electrons. The van der Waals surface area contributed by atoms with E-state index in [9.17, 15) is 10.2 Å². The minimum absolute atomic E-state index is 0.0419. The highest BCUT2D eigenvalue weighted by molar-refractivity contribution is 7.13. The molecule has 0 fully saturated rings. The van der Waals surface area contributed by atoms with E-state index in [-0.39, 0.29) is 11.5 Å². The van der Waals surface area contributed by atoms with Crippen LogP contribution >= 0.6 is 11.3 Å². The number of rotatable bonds is 1. The predicted octanol–water partition coefficient (Wildman–Crippen LogP) is 2.11. The summed E-state index contributed by atoms with van der Waals surface area (Å²) in [5.74, 6) is 0.111. The molecule has 0 bridgehead atoms. The van der Waals surface area contributed by atoms with Gasteiger partial charge in [-0.25, -0.2) is 4.98 Å². The number of hydrogen-bond acceptors (Lipinski definition) is 5. The lowest BCUT2D eigenvalue weighted by Crippen LogP contribution is -1.85. The largest absolute Gasteiger partial charge is 0.508 e. The third kappa shape index (κ3) is 1.61. The monoisotopic (exact) mass is 222 g/mol. The Balaban J connectivity index is 2.59. The van der Waals surface area contributed by atoms with Crippen LogP contribution in [0.15, 0.2) is 17.5 Å². The molecule has 2 aromatic rings. The number of anilines is 1. The first-order valence-corrected chi connectivity index (χ1v) is 5.20. The minimum atomic E-state index is 0.0419. The molecule has 0 radical (unpaired) electrons.